The van der Waals surface area contributed by atoms with Crippen molar-refractivity contribution in [1.29, 1.82) is 0 Å². The maximum absolute atomic E-state index is 4.18. The lowest BCUT2D eigenvalue weighted by Crippen LogP contribution is -1.73. The molecular formula is C21H17N3S. The van der Waals surface area contributed by atoms with Gasteiger partial charge in [0, 0.05) is 24.0 Å². The second-order valence-electron chi connectivity index (χ2n) is 5.04. The highest BCUT2D eigenvalue weighted by Crippen LogP contribution is 2.15. The number of para-hydroxylation sites is 2. The van der Waals surface area contributed by atoms with Crippen molar-refractivity contribution in [2.75, 3.05) is 0 Å². The van der Waals surface area contributed by atoms with E-state index in [1.165, 1.54) is 10.1 Å². The van der Waals surface area contributed by atoms with E-state index >= 15 is 0 Å². The third kappa shape index (κ3) is 5.19. The largest absolute Gasteiger partial charge is 0.265 e. The highest BCUT2D eigenvalue weighted by Gasteiger charge is 1.89. The summed E-state index contributed by atoms with van der Waals surface area (Å²) in [5, 5.41) is 1.20. The van der Waals surface area contributed by atoms with Crippen molar-refractivity contribution in [1.82, 2.24) is 15.0 Å². The van der Waals surface area contributed by atoms with Gasteiger partial charge in [-0.15, -0.1) is 11.3 Å². The molecule has 0 amide bonds. The second-order valence-corrected chi connectivity index (χ2v) is 5.93. The predicted octanol–water partition coefficient (Wildman–Crippen LogP) is 5.61. The Morgan fingerprint density at radius 2 is 1.28 bits per heavy atom. The van der Waals surface area contributed by atoms with Gasteiger partial charge in [0.15, 0.2) is 0 Å². The quantitative estimate of drug-likeness (QED) is 0.367. The lowest BCUT2D eigenvalue weighted by atomic mass is 10.2. The summed E-state index contributed by atoms with van der Waals surface area (Å²) in [6.07, 6.45) is 5.31. The molecule has 5 aromatic rings. The monoisotopic (exact) mass is 343 g/mol. The van der Waals surface area contributed by atoms with Crippen molar-refractivity contribution >= 4 is 32.5 Å². The Labute approximate surface area is 150 Å². The topological polar surface area (TPSA) is 38.7 Å². The first-order valence-corrected chi connectivity index (χ1v) is 8.74. The average Bonchev–Trinajstić information content (AvgIpc) is 3.19. The van der Waals surface area contributed by atoms with E-state index in [1.54, 1.807) is 23.7 Å². The van der Waals surface area contributed by atoms with Gasteiger partial charge in [0.05, 0.1) is 21.2 Å². The summed E-state index contributed by atoms with van der Waals surface area (Å²) in [7, 11) is 0. The summed E-state index contributed by atoms with van der Waals surface area (Å²) in [4.78, 5) is 12.1. The van der Waals surface area contributed by atoms with E-state index in [-0.39, 0.29) is 0 Å². The van der Waals surface area contributed by atoms with Crippen molar-refractivity contribution in [3.8, 4) is 0 Å². The highest BCUT2D eigenvalue weighted by molar-refractivity contribution is 7.16. The lowest BCUT2D eigenvalue weighted by molar-refractivity contribution is 1.33. The van der Waals surface area contributed by atoms with Gasteiger partial charge in [0.2, 0.25) is 0 Å². The van der Waals surface area contributed by atoms with Gasteiger partial charge >= 0.3 is 0 Å². The molecule has 0 unspecified atom stereocenters. The standard InChI is InChI=1S/C9H7N.C7H5NS.C5H5N/c1-2-6-9-8(4-1)5-3-7-10-9;1-2-4-7-6(3-1)8-5-9-7;1-2-4-6-5-3-1/h1-7H;1-5H;1-5H. The molecule has 0 atom stereocenters. The van der Waals surface area contributed by atoms with E-state index in [2.05, 4.69) is 33.2 Å². The van der Waals surface area contributed by atoms with Crippen LogP contribution in [0.1, 0.15) is 0 Å². The molecule has 0 saturated heterocycles. The molecule has 5 rings (SSSR count). The SMILES string of the molecule is c1ccc2ncccc2c1.c1ccc2scnc2c1.c1ccncc1. The lowest BCUT2D eigenvalue weighted by Gasteiger charge is -1.91. The van der Waals surface area contributed by atoms with Crippen LogP contribution in [0.25, 0.3) is 21.1 Å². The fourth-order valence-corrected chi connectivity index (χ4v) is 2.81. The van der Waals surface area contributed by atoms with E-state index in [4.69, 9.17) is 0 Å². The van der Waals surface area contributed by atoms with Crippen LogP contribution in [-0.2, 0) is 0 Å². The minimum Gasteiger partial charge on any atom is -0.265 e. The second kappa shape index (κ2) is 9.25. The fraction of sp³-hybridized carbons (Fsp3) is 0. The van der Waals surface area contributed by atoms with Gasteiger partial charge in [-0.3, -0.25) is 9.97 Å². The molecule has 0 radical (unpaired) electrons. The molecule has 0 aliphatic heterocycles. The molecule has 25 heavy (non-hydrogen) atoms. The summed E-state index contributed by atoms with van der Waals surface area (Å²) >= 11 is 1.68. The molecule has 4 heteroatoms. The van der Waals surface area contributed by atoms with E-state index in [1.807, 2.05) is 72.4 Å². The van der Waals surface area contributed by atoms with Gasteiger partial charge in [-0.1, -0.05) is 42.5 Å². The van der Waals surface area contributed by atoms with Crippen molar-refractivity contribution in [2.24, 2.45) is 0 Å². The zero-order valence-corrected chi connectivity index (χ0v) is 14.4. The van der Waals surface area contributed by atoms with Crippen molar-refractivity contribution in [2.45, 2.75) is 0 Å². The molecule has 0 spiro atoms. The molecular weight excluding hydrogens is 326 g/mol. The number of aromatic nitrogens is 3. The summed E-state index contributed by atoms with van der Waals surface area (Å²) in [6.45, 7) is 0. The summed E-state index contributed by atoms with van der Waals surface area (Å²) in [5.41, 5.74) is 4.03. The number of benzene rings is 2. The van der Waals surface area contributed by atoms with Gasteiger partial charge in [-0.25, -0.2) is 4.98 Å². The Morgan fingerprint density at radius 1 is 0.560 bits per heavy atom. The van der Waals surface area contributed by atoms with Crippen LogP contribution in [0.2, 0.25) is 0 Å². The number of hydrogen-bond donors (Lipinski definition) is 0. The number of thiazole rings is 1. The highest BCUT2D eigenvalue weighted by atomic mass is 32.1. The molecule has 3 aromatic heterocycles. The van der Waals surface area contributed by atoms with Crippen LogP contribution in [0.5, 0.6) is 0 Å². The van der Waals surface area contributed by atoms with E-state index in [0.717, 1.165) is 11.0 Å². The Morgan fingerprint density at radius 3 is 1.96 bits per heavy atom. The van der Waals surface area contributed by atoms with Crippen LogP contribution < -0.4 is 0 Å². The fourth-order valence-electron chi connectivity index (χ4n) is 2.13. The van der Waals surface area contributed by atoms with E-state index in [0.29, 0.717) is 0 Å². The average molecular weight is 343 g/mol. The minimum atomic E-state index is 1.06. The third-order valence-electron chi connectivity index (χ3n) is 3.32. The van der Waals surface area contributed by atoms with Gasteiger partial charge < -0.3 is 0 Å². The maximum atomic E-state index is 4.18. The third-order valence-corrected chi connectivity index (χ3v) is 4.13. The van der Waals surface area contributed by atoms with Crippen LogP contribution >= 0.6 is 11.3 Å². The maximum Gasteiger partial charge on any atom is 0.0812 e. The van der Waals surface area contributed by atoms with Gasteiger partial charge in [0.1, 0.15) is 0 Å². The zero-order chi connectivity index (χ0) is 17.2. The molecule has 122 valence electrons. The van der Waals surface area contributed by atoms with Crippen molar-refractivity contribution < 1.29 is 0 Å². The minimum absolute atomic E-state index is 1.06. The smallest absolute Gasteiger partial charge is 0.0812 e. The van der Waals surface area contributed by atoms with Crippen LogP contribution in [-0.4, -0.2) is 15.0 Å². The van der Waals surface area contributed by atoms with Crippen LogP contribution in [0.3, 0.4) is 0 Å². The summed E-state index contributed by atoms with van der Waals surface area (Å²) in [5.74, 6) is 0. The Kier molecular flexibility index (Phi) is 6.19. The van der Waals surface area contributed by atoms with E-state index < -0.39 is 0 Å². The van der Waals surface area contributed by atoms with E-state index in [9.17, 15) is 0 Å². The molecule has 0 N–H and O–H groups in total. The molecule has 0 aliphatic rings. The predicted molar refractivity (Wildman–Crippen MR) is 106 cm³/mol. The van der Waals surface area contributed by atoms with Gasteiger partial charge in [-0.05, 0) is 36.4 Å². The molecule has 3 heterocycles. The Hall–Kier alpha value is -3.11. The molecule has 2 aromatic carbocycles. The van der Waals surface area contributed by atoms with Crippen LogP contribution in [0, 0.1) is 0 Å². The molecule has 0 fully saturated rings. The van der Waals surface area contributed by atoms with Crippen molar-refractivity contribution in [3.63, 3.8) is 0 Å². The number of pyridine rings is 2. The number of hydrogen-bond acceptors (Lipinski definition) is 4. The first-order valence-electron chi connectivity index (χ1n) is 7.86. The molecule has 0 bridgehead atoms. The molecule has 0 aliphatic carbocycles. The normalized spacial score (nSPS) is 9.60. The first-order chi connectivity index (χ1) is 12.4. The number of nitrogens with zero attached hydrogens (tertiary/aromatic N) is 3. The van der Waals surface area contributed by atoms with Crippen LogP contribution in [0.4, 0.5) is 0 Å². The molecule has 0 saturated carbocycles. The van der Waals surface area contributed by atoms with Gasteiger partial charge in [-0.2, -0.15) is 0 Å². The number of rotatable bonds is 0. The molecule has 3 nitrogen and oxygen atoms in total. The van der Waals surface area contributed by atoms with Crippen molar-refractivity contribution in [3.05, 3.63) is 103 Å². The number of fused-ring (bicyclic) bond motifs is 2. The zero-order valence-electron chi connectivity index (χ0n) is 13.6. The Balaban J connectivity index is 0.000000113. The first kappa shape index (κ1) is 16.7. The van der Waals surface area contributed by atoms with Gasteiger partial charge in [0.25, 0.3) is 0 Å². The Bertz CT molecular complexity index is 890. The summed E-state index contributed by atoms with van der Waals surface area (Å²) < 4.78 is 1.26. The van der Waals surface area contributed by atoms with Crippen LogP contribution in [0.15, 0.2) is 103 Å². The summed E-state index contributed by atoms with van der Waals surface area (Å²) in [6, 6.07) is 25.9.